The van der Waals surface area contributed by atoms with E-state index in [1.165, 1.54) is 64.7 Å². The third-order valence-electron chi connectivity index (χ3n) is 11.1. The molecule has 0 radical (unpaired) electrons. The van der Waals surface area contributed by atoms with Gasteiger partial charge in [-0.15, -0.1) is 11.3 Å². The van der Waals surface area contributed by atoms with E-state index in [1.54, 1.807) is 0 Å². The quantitative estimate of drug-likeness (QED) is 0.162. The molecule has 3 heteroatoms. The van der Waals surface area contributed by atoms with Gasteiger partial charge in [0.2, 0.25) is 0 Å². The Hall–Kier alpha value is -7.20. The first kappa shape index (κ1) is 33.2. The van der Waals surface area contributed by atoms with Crippen LogP contribution in [-0.2, 0) is 0 Å². The molecule has 0 spiro atoms. The molecule has 11 aromatic rings. The van der Waals surface area contributed by atoms with Crippen molar-refractivity contribution in [2.24, 2.45) is 0 Å². The van der Waals surface area contributed by atoms with Gasteiger partial charge >= 0.3 is 0 Å². The van der Waals surface area contributed by atoms with Gasteiger partial charge in [0.25, 0.3) is 0 Å². The summed E-state index contributed by atoms with van der Waals surface area (Å²) in [5.41, 5.74) is 14.7. The lowest BCUT2D eigenvalue weighted by Crippen LogP contribution is -2.10. The van der Waals surface area contributed by atoms with Crippen molar-refractivity contribution in [2.45, 2.75) is 0 Å². The number of para-hydroxylation sites is 1. The molecule has 57 heavy (non-hydrogen) atoms. The third kappa shape index (κ3) is 5.80. The number of rotatable bonds is 7. The Balaban J connectivity index is 1.08. The van der Waals surface area contributed by atoms with Gasteiger partial charge < -0.3 is 9.32 Å². The molecule has 0 aliphatic rings. The van der Waals surface area contributed by atoms with Crippen LogP contribution in [0.25, 0.3) is 86.6 Å². The number of furan rings is 1. The third-order valence-corrected chi connectivity index (χ3v) is 12.3. The van der Waals surface area contributed by atoms with Gasteiger partial charge in [0.05, 0.1) is 0 Å². The molecule has 9 aromatic carbocycles. The van der Waals surface area contributed by atoms with Crippen LogP contribution in [0.1, 0.15) is 0 Å². The maximum atomic E-state index is 6.59. The first-order valence-corrected chi connectivity index (χ1v) is 20.1. The zero-order chi connectivity index (χ0) is 37.7. The molecule has 0 saturated heterocycles. The normalized spacial score (nSPS) is 11.5. The fourth-order valence-corrected chi connectivity index (χ4v) is 9.59. The second-order valence-corrected chi connectivity index (χ2v) is 15.5. The van der Waals surface area contributed by atoms with Gasteiger partial charge in [0, 0.05) is 53.6 Å². The Kier molecular flexibility index (Phi) is 8.04. The average Bonchev–Trinajstić information content (AvgIpc) is 3.86. The highest BCUT2D eigenvalue weighted by molar-refractivity contribution is 7.26. The van der Waals surface area contributed by atoms with Crippen LogP contribution in [0.4, 0.5) is 17.1 Å². The number of thiophene rings is 1. The van der Waals surface area contributed by atoms with E-state index in [-0.39, 0.29) is 0 Å². The highest BCUT2D eigenvalue weighted by atomic mass is 32.1. The summed E-state index contributed by atoms with van der Waals surface area (Å²) in [7, 11) is 0. The minimum absolute atomic E-state index is 0.915. The molecule has 0 bridgehead atoms. The number of anilines is 3. The maximum Gasteiger partial charge on any atom is 0.144 e. The molecule has 2 heterocycles. The van der Waals surface area contributed by atoms with Gasteiger partial charge in [-0.1, -0.05) is 158 Å². The van der Waals surface area contributed by atoms with E-state index in [2.05, 4.69) is 211 Å². The summed E-state index contributed by atoms with van der Waals surface area (Å²) < 4.78 is 9.09. The SMILES string of the molecule is c1ccc(-c2ccc(N(c3ccc(-c4cc5c6ccccc6oc5c5c4sc4ccccc45)cc3)c3ccc(-c4ccccc4)c(-c4ccccc4)c3)cc2)cc1. The molecule has 0 saturated carbocycles. The van der Waals surface area contributed by atoms with Gasteiger partial charge in [0.1, 0.15) is 11.2 Å². The van der Waals surface area contributed by atoms with Crippen LogP contribution in [0.2, 0.25) is 0 Å². The van der Waals surface area contributed by atoms with Crippen molar-refractivity contribution in [1.82, 2.24) is 0 Å². The predicted molar refractivity (Wildman–Crippen MR) is 243 cm³/mol. The van der Waals surface area contributed by atoms with E-state index in [0.717, 1.165) is 39.0 Å². The molecular weight excluding hydrogens is 711 g/mol. The molecule has 0 aliphatic heterocycles. The smallest absolute Gasteiger partial charge is 0.144 e. The van der Waals surface area contributed by atoms with E-state index in [0.29, 0.717) is 0 Å². The van der Waals surface area contributed by atoms with Crippen molar-refractivity contribution < 1.29 is 4.42 Å². The van der Waals surface area contributed by atoms with E-state index >= 15 is 0 Å². The molecule has 2 aromatic heterocycles. The van der Waals surface area contributed by atoms with Crippen LogP contribution in [0.5, 0.6) is 0 Å². The second kappa shape index (κ2) is 13.8. The minimum atomic E-state index is 0.915. The summed E-state index contributed by atoms with van der Waals surface area (Å²) in [5.74, 6) is 0. The van der Waals surface area contributed by atoms with E-state index in [1.807, 2.05) is 17.4 Å². The monoisotopic (exact) mass is 745 g/mol. The number of benzene rings is 9. The van der Waals surface area contributed by atoms with Crippen molar-refractivity contribution >= 4 is 70.5 Å². The van der Waals surface area contributed by atoms with Crippen molar-refractivity contribution in [3.05, 3.63) is 212 Å². The Morgan fingerprint density at radius 3 is 1.54 bits per heavy atom. The van der Waals surface area contributed by atoms with Crippen LogP contribution in [0, 0.1) is 0 Å². The molecule has 268 valence electrons. The summed E-state index contributed by atoms with van der Waals surface area (Å²) in [4.78, 5) is 2.38. The van der Waals surface area contributed by atoms with Crippen LogP contribution in [-0.4, -0.2) is 0 Å². The summed E-state index contributed by atoms with van der Waals surface area (Å²) >= 11 is 1.84. The standard InChI is InChI=1S/C54H35NOS/c1-4-14-36(15-5-1)37-24-28-41(29-25-37)55(43-32-33-44(38-16-6-2-7-17-38)47(34-43)39-18-8-3-9-19-39)42-30-26-40(27-31-42)48-35-49-45-20-10-12-22-50(45)56-53(49)52-46-21-11-13-23-51(46)57-54(48)52/h1-35H. The largest absolute Gasteiger partial charge is 0.455 e. The number of hydrogen-bond acceptors (Lipinski definition) is 3. The summed E-state index contributed by atoms with van der Waals surface area (Å²) in [6, 6.07) is 76.3. The summed E-state index contributed by atoms with van der Waals surface area (Å²) in [6.07, 6.45) is 0. The highest BCUT2D eigenvalue weighted by Crippen LogP contribution is 2.47. The maximum absolute atomic E-state index is 6.59. The fraction of sp³-hybridized carbons (Fsp3) is 0. The van der Waals surface area contributed by atoms with Crippen LogP contribution < -0.4 is 4.90 Å². The Labute approximate surface area is 335 Å². The molecule has 0 aliphatic carbocycles. The molecule has 0 unspecified atom stereocenters. The predicted octanol–water partition coefficient (Wildman–Crippen LogP) is 16.1. The Morgan fingerprint density at radius 1 is 0.351 bits per heavy atom. The molecule has 0 amide bonds. The Bertz CT molecular complexity index is 3200. The molecule has 0 atom stereocenters. The number of nitrogens with zero attached hydrogens (tertiary/aromatic N) is 1. The lowest BCUT2D eigenvalue weighted by atomic mass is 9.93. The van der Waals surface area contributed by atoms with Crippen LogP contribution in [0.15, 0.2) is 217 Å². The average molecular weight is 746 g/mol. The van der Waals surface area contributed by atoms with E-state index in [4.69, 9.17) is 4.42 Å². The molecule has 0 N–H and O–H groups in total. The van der Waals surface area contributed by atoms with E-state index < -0.39 is 0 Å². The Morgan fingerprint density at radius 2 is 0.860 bits per heavy atom. The van der Waals surface area contributed by atoms with Crippen molar-refractivity contribution in [3.63, 3.8) is 0 Å². The molecule has 11 rings (SSSR count). The van der Waals surface area contributed by atoms with Crippen molar-refractivity contribution in [3.8, 4) is 44.5 Å². The zero-order valence-electron chi connectivity index (χ0n) is 31.0. The molecule has 2 nitrogen and oxygen atoms in total. The van der Waals surface area contributed by atoms with Crippen molar-refractivity contribution in [2.75, 3.05) is 4.90 Å². The van der Waals surface area contributed by atoms with Gasteiger partial charge in [0.15, 0.2) is 0 Å². The number of hydrogen-bond donors (Lipinski definition) is 0. The van der Waals surface area contributed by atoms with Gasteiger partial charge in [-0.3, -0.25) is 0 Å². The summed E-state index contributed by atoms with van der Waals surface area (Å²) in [5, 5.41) is 4.71. The van der Waals surface area contributed by atoms with Crippen molar-refractivity contribution in [1.29, 1.82) is 0 Å². The van der Waals surface area contributed by atoms with Crippen LogP contribution >= 0.6 is 11.3 Å². The van der Waals surface area contributed by atoms with Gasteiger partial charge in [-0.25, -0.2) is 0 Å². The topological polar surface area (TPSA) is 16.4 Å². The van der Waals surface area contributed by atoms with E-state index in [9.17, 15) is 0 Å². The lowest BCUT2D eigenvalue weighted by Gasteiger charge is -2.27. The molecular formula is C54H35NOS. The fourth-order valence-electron chi connectivity index (χ4n) is 8.35. The highest BCUT2D eigenvalue weighted by Gasteiger charge is 2.21. The second-order valence-electron chi connectivity index (χ2n) is 14.5. The minimum Gasteiger partial charge on any atom is -0.455 e. The lowest BCUT2D eigenvalue weighted by molar-refractivity contribution is 0.673. The van der Waals surface area contributed by atoms with Gasteiger partial charge in [-0.05, 0) is 93.5 Å². The van der Waals surface area contributed by atoms with Crippen LogP contribution in [0.3, 0.4) is 0 Å². The first-order chi connectivity index (χ1) is 28.3. The van der Waals surface area contributed by atoms with Gasteiger partial charge in [-0.2, -0.15) is 0 Å². The molecule has 0 fully saturated rings. The summed E-state index contributed by atoms with van der Waals surface area (Å²) in [6.45, 7) is 0. The first-order valence-electron chi connectivity index (χ1n) is 19.3. The zero-order valence-corrected chi connectivity index (χ0v) is 31.8. The number of fused-ring (bicyclic) bond motifs is 7.